The lowest BCUT2D eigenvalue weighted by Crippen LogP contribution is -2.28. The summed E-state index contributed by atoms with van der Waals surface area (Å²) in [5, 5.41) is 0. The molecule has 0 aliphatic carbocycles. The molecule has 0 spiro atoms. The summed E-state index contributed by atoms with van der Waals surface area (Å²) >= 11 is 0. The minimum absolute atomic E-state index is 0.0179. The number of rotatable bonds is 10. The first-order chi connectivity index (χ1) is 9.57. The summed E-state index contributed by atoms with van der Waals surface area (Å²) in [7, 11) is 0. The molecule has 1 rings (SSSR count). The standard InChI is InChI=1S/C14H17F3O3/c1-2-12-3-5-13(6-4-12)9-18-7-8-19-10-14(16,17)20-11-15/h2-6H,1,7-11H2. The Balaban J connectivity index is 2.11. The van der Waals surface area contributed by atoms with Gasteiger partial charge in [-0.1, -0.05) is 36.9 Å². The first-order valence-electron chi connectivity index (χ1n) is 6.02. The molecule has 1 aromatic carbocycles. The fraction of sp³-hybridized carbons (Fsp3) is 0.429. The number of hydrogen-bond donors (Lipinski definition) is 0. The van der Waals surface area contributed by atoms with E-state index < -0.39 is 19.6 Å². The molecule has 0 heterocycles. The summed E-state index contributed by atoms with van der Waals surface area (Å²) in [6, 6.07) is 7.58. The second-order valence-corrected chi connectivity index (χ2v) is 3.94. The molecule has 20 heavy (non-hydrogen) atoms. The quantitative estimate of drug-likeness (QED) is 0.618. The summed E-state index contributed by atoms with van der Waals surface area (Å²) < 4.78 is 50.3. The lowest BCUT2D eigenvalue weighted by molar-refractivity contribution is -0.279. The van der Waals surface area contributed by atoms with Gasteiger partial charge in [-0.25, -0.2) is 4.39 Å². The van der Waals surface area contributed by atoms with Crippen LogP contribution in [0.5, 0.6) is 0 Å². The molecule has 0 unspecified atom stereocenters. The van der Waals surface area contributed by atoms with Crippen LogP contribution in [0.2, 0.25) is 0 Å². The van der Waals surface area contributed by atoms with Gasteiger partial charge in [0.2, 0.25) is 0 Å². The molecule has 6 heteroatoms. The van der Waals surface area contributed by atoms with Crippen molar-refractivity contribution in [1.29, 1.82) is 0 Å². The maximum atomic E-state index is 12.6. The van der Waals surface area contributed by atoms with Crippen LogP contribution in [-0.2, 0) is 20.8 Å². The largest absolute Gasteiger partial charge is 0.381 e. The van der Waals surface area contributed by atoms with Crippen molar-refractivity contribution in [3.8, 4) is 0 Å². The van der Waals surface area contributed by atoms with Gasteiger partial charge in [0.15, 0.2) is 6.86 Å². The van der Waals surface area contributed by atoms with E-state index in [4.69, 9.17) is 4.74 Å². The van der Waals surface area contributed by atoms with E-state index in [1.54, 1.807) is 6.08 Å². The summed E-state index contributed by atoms with van der Waals surface area (Å²) in [4.78, 5) is 0. The van der Waals surface area contributed by atoms with Crippen LogP contribution in [0.25, 0.3) is 6.08 Å². The van der Waals surface area contributed by atoms with Gasteiger partial charge in [0.05, 0.1) is 19.8 Å². The lowest BCUT2D eigenvalue weighted by atomic mass is 10.1. The van der Waals surface area contributed by atoms with E-state index in [1.807, 2.05) is 24.3 Å². The highest BCUT2D eigenvalue weighted by Crippen LogP contribution is 2.15. The minimum atomic E-state index is -3.60. The molecule has 0 aromatic heterocycles. The van der Waals surface area contributed by atoms with Crippen LogP contribution in [0.15, 0.2) is 30.8 Å². The van der Waals surface area contributed by atoms with Crippen LogP contribution in [0.1, 0.15) is 11.1 Å². The Morgan fingerprint density at radius 1 is 1.10 bits per heavy atom. The third-order valence-electron chi connectivity index (χ3n) is 2.39. The van der Waals surface area contributed by atoms with Crippen molar-refractivity contribution in [2.45, 2.75) is 12.7 Å². The number of alkyl halides is 3. The first-order valence-corrected chi connectivity index (χ1v) is 6.02. The average molecular weight is 290 g/mol. The monoisotopic (exact) mass is 290 g/mol. The van der Waals surface area contributed by atoms with Crippen molar-refractivity contribution < 1.29 is 27.4 Å². The van der Waals surface area contributed by atoms with Crippen LogP contribution in [-0.4, -0.2) is 32.8 Å². The molecule has 0 bridgehead atoms. The maximum Gasteiger partial charge on any atom is 0.381 e. The maximum absolute atomic E-state index is 12.6. The zero-order valence-corrected chi connectivity index (χ0v) is 11.0. The van der Waals surface area contributed by atoms with Crippen LogP contribution >= 0.6 is 0 Å². The normalized spacial score (nSPS) is 11.6. The Morgan fingerprint density at radius 2 is 1.75 bits per heavy atom. The third-order valence-corrected chi connectivity index (χ3v) is 2.39. The van der Waals surface area contributed by atoms with Crippen LogP contribution in [0.3, 0.4) is 0 Å². The molecule has 0 atom stereocenters. The summed E-state index contributed by atoms with van der Waals surface area (Å²) in [6.45, 7) is 1.61. The molecule has 0 aliphatic heterocycles. The molecule has 0 amide bonds. The SMILES string of the molecule is C=Cc1ccc(COCCOCC(F)(F)OCF)cc1. The Labute approximate surface area is 115 Å². The number of ether oxygens (including phenoxy) is 3. The van der Waals surface area contributed by atoms with Crippen LogP contribution in [0, 0.1) is 0 Å². The molecule has 0 fully saturated rings. The second kappa shape index (κ2) is 8.73. The molecule has 3 nitrogen and oxygen atoms in total. The predicted octanol–water partition coefficient (Wildman–Crippen LogP) is 3.40. The molecule has 0 radical (unpaired) electrons. The summed E-state index contributed by atoms with van der Waals surface area (Å²) in [5.74, 6) is 0. The Hall–Kier alpha value is -1.37. The highest BCUT2D eigenvalue weighted by molar-refractivity contribution is 5.47. The van der Waals surface area contributed by atoms with Gasteiger partial charge >= 0.3 is 6.11 Å². The van der Waals surface area contributed by atoms with Crippen molar-refractivity contribution in [3.05, 3.63) is 42.0 Å². The van der Waals surface area contributed by atoms with Gasteiger partial charge in [-0.15, -0.1) is 0 Å². The van der Waals surface area contributed by atoms with Gasteiger partial charge < -0.3 is 9.47 Å². The van der Waals surface area contributed by atoms with Crippen molar-refractivity contribution in [2.24, 2.45) is 0 Å². The molecule has 1 aromatic rings. The molecule has 0 saturated heterocycles. The molecule has 112 valence electrons. The Bertz CT molecular complexity index is 393. The van der Waals surface area contributed by atoms with Crippen LogP contribution in [0.4, 0.5) is 13.2 Å². The van der Waals surface area contributed by atoms with Gasteiger partial charge in [0.25, 0.3) is 0 Å². The second-order valence-electron chi connectivity index (χ2n) is 3.94. The van der Waals surface area contributed by atoms with Gasteiger partial charge in [-0.2, -0.15) is 8.78 Å². The Morgan fingerprint density at radius 3 is 2.35 bits per heavy atom. The predicted molar refractivity (Wildman–Crippen MR) is 69.0 cm³/mol. The van der Waals surface area contributed by atoms with Crippen LogP contribution < -0.4 is 0 Å². The van der Waals surface area contributed by atoms with Gasteiger partial charge in [0, 0.05) is 0 Å². The van der Waals surface area contributed by atoms with E-state index in [9.17, 15) is 13.2 Å². The highest BCUT2D eigenvalue weighted by Gasteiger charge is 2.30. The lowest BCUT2D eigenvalue weighted by Gasteiger charge is -2.14. The zero-order chi connectivity index (χ0) is 14.8. The Kier molecular flexibility index (Phi) is 7.28. The van der Waals surface area contributed by atoms with Gasteiger partial charge in [-0.3, -0.25) is 4.74 Å². The van der Waals surface area contributed by atoms with E-state index in [0.717, 1.165) is 11.1 Å². The molecular weight excluding hydrogens is 273 g/mol. The van der Waals surface area contributed by atoms with E-state index in [1.165, 1.54) is 0 Å². The fourth-order valence-corrected chi connectivity index (χ4v) is 1.37. The van der Waals surface area contributed by atoms with E-state index >= 15 is 0 Å². The van der Waals surface area contributed by atoms with E-state index in [0.29, 0.717) is 6.61 Å². The molecule has 0 aliphatic rings. The van der Waals surface area contributed by atoms with E-state index in [2.05, 4.69) is 16.1 Å². The fourth-order valence-electron chi connectivity index (χ4n) is 1.37. The van der Waals surface area contributed by atoms with E-state index in [-0.39, 0.29) is 13.2 Å². The smallest absolute Gasteiger partial charge is 0.374 e. The van der Waals surface area contributed by atoms with Gasteiger partial charge in [-0.05, 0) is 11.1 Å². The van der Waals surface area contributed by atoms with Crippen molar-refractivity contribution in [1.82, 2.24) is 0 Å². The number of halogens is 3. The first kappa shape index (κ1) is 16.7. The highest BCUT2D eigenvalue weighted by atomic mass is 19.3. The van der Waals surface area contributed by atoms with Crippen molar-refractivity contribution in [3.63, 3.8) is 0 Å². The molecular formula is C14H17F3O3. The minimum Gasteiger partial charge on any atom is -0.374 e. The average Bonchev–Trinajstić information content (AvgIpc) is 2.43. The molecule has 0 N–H and O–H groups in total. The van der Waals surface area contributed by atoms with Gasteiger partial charge in [0.1, 0.15) is 6.61 Å². The number of benzene rings is 1. The third kappa shape index (κ3) is 6.70. The topological polar surface area (TPSA) is 27.7 Å². The number of hydrogen-bond acceptors (Lipinski definition) is 3. The van der Waals surface area contributed by atoms with Crippen molar-refractivity contribution in [2.75, 3.05) is 26.7 Å². The molecule has 0 saturated carbocycles. The summed E-state index contributed by atoms with van der Waals surface area (Å²) in [5.41, 5.74) is 1.97. The van der Waals surface area contributed by atoms with Crippen molar-refractivity contribution >= 4 is 6.08 Å². The summed E-state index contributed by atoms with van der Waals surface area (Å²) in [6.07, 6.45) is -1.87. The zero-order valence-electron chi connectivity index (χ0n) is 11.0.